The van der Waals surface area contributed by atoms with E-state index in [1.54, 1.807) is 0 Å². The minimum Gasteiger partial charge on any atom is -0.115 e. The average molecular weight is 291 g/mol. The summed E-state index contributed by atoms with van der Waals surface area (Å²) in [6, 6.07) is 1.22. The molecule has 0 N–H and O–H groups in total. The van der Waals surface area contributed by atoms with Crippen LogP contribution in [-0.2, 0) is 0 Å². The highest BCUT2D eigenvalue weighted by Crippen LogP contribution is 2.40. The van der Waals surface area contributed by atoms with Gasteiger partial charge in [-0.3, -0.25) is 0 Å². The van der Waals surface area contributed by atoms with Gasteiger partial charge in [-0.1, -0.05) is 54.9 Å². The molecule has 0 aromatic carbocycles. The zero-order valence-electron chi connectivity index (χ0n) is 14.8. The summed E-state index contributed by atoms with van der Waals surface area (Å²) in [7, 11) is -1.88. The van der Waals surface area contributed by atoms with Crippen LogP contribution in [-0.4, -0.2) is 8.07 Å². The Kier molecular flexibility index (Phi) is 9.00. The Morgan fingerprint density at radius 3 is 1.65 bits per heavy atom. The summed E-state index contributed by atoms with van der Waals surface area (Å²) in [5.41, 5.74) is 7.43. The topological polar surface area (TPSA) is 0 Å². The van der Waals surface area contributed by atoms with E-state index in [9.17, 15) is 0 Å². The highest BCUT2D eigenvalue weighted by molar-refractivity contribution is 6.96. The molecule has 0 rings (SSSR count). The van der Waals surface area contributed by atoms with Crippen molar-refractivity contribution in [3.8, 4) is 22.9 Å². The molecule has 114 valence electrons. The Labute approximate surface area is 129 Å². The van der Waals surface area contributed by atoms with Gasteiger partial charge in [0.15, 0.2) is 0 Å². The van der Waals surface area contributed by atoms with Crippen molar-refractivity contribution in [2.45, 2.75) is 91.7 Å². The third-order valence-electron chi connectivity index (χ3n) is 3.99. The Bertz CT molecular complexity index is 354. The third kappa shape index (κ3) is 6.19. The van der Waals surface area contributed by atoms with Gasteiger partial charge in [0, 0.05) is 12.8 Å². The molecule has 0 spiro atoms. The molecule has 1 atom stereocenters. The van der Waals surface area contributed by atoms with Gasteiger partial charge >= 0.3 is 0 Å². The molecule has 20 heavy (non-hydrogen) atoms. The van der Waals surface area contributed by atoms with E-state index < -0.39 is 8.07 Å². The van der Waals surface area contributed by atoms with Crippen LogP contribution in [0.5, 0.6) is 0 Å². The highest BCUT2D eigenvalue weighted by Gasteiger charge is 2.43. The molecule has 0 saturated heterocycles. The van der Waals surface area contributed by atoms with Crippen molar-refractivity contribution >= 4 is 8.07 Å². The first-order valence-corrected chi connectivity index (χ1v) is 10.5. The summed E-state index contributed by atoms with van der Waals surface area (Å²) >= 11 is 0. The van der Waals surface area contributed by atoms with E-state index in [0.29, 0.717) is 0 Å². The maximum atomic E-state index is 3.71. The summed E-state index contributed by atoms with van der Waals surface area (Å²) in [5, 5.41) is 0.234. The lowest BCUT2D eigenvalue weighted by Crippen LogP contribution is -2.43. The number of unbranched alkanes of at least 4 members (excludes halogenated alkanes) is 2. The summed E-state index contributed by atoms with van der Waals surface area (Å²) in [5.74, 6) is 7.63. The predicted octanol–water partition coefficient (Wildman–Crippen LogP) is 5.97. The Balaban J connectivity index is 5.56. The molecule has 0 amide bonds. The predicted molar refractivity (Wildman–Crippen MR) is 95.1 cm³/mol. The fourth-order valence-electron chi connectivity index (χ4n) is 2.16. The minimum absolute atomic E-state index is 0.234. The van der Waals surface area contributed by atoms with Gasteiger partial charge < -0.3 is 0 Å². The quantitative estimate of drug-likeness (QED) is 0.432. The van der Waals surface area contributed by atoms with E-state index >= 15 is 0 Å². The Morgan fingerprint density at radius 1 is 0.900 bits per heavy atom. The van der Waals surface area contributed by atoms with Crippen molar-refractivity contribution < 1.29 is 0 Å². The molecule has 0 nitrogen and oxygen atoms in total. The highest BCUT2D eigenvalue weighted by atomic mass is 28.3. The molecule has 0 aliphatic rings. The van der Waals surface area contributed by atoms with Gasteiger partial charge in [-0.25, -0.2) is 0 Å². The van der Waals surface area contributed by atoms with Crippen LogP contribution in [0.25, 0.3) is 0 Å². The van der Waals surface area contributed by atoms with Gasteiger partial charge in [0.1, 0.15) is 0 Å². The number of hydrogen-bond acceptors (Lipinski definition) is 0. The first-order chi connectivity index (χ1) is 9.33. The van der Waals surface area contributed by atoms with Crippen LogP contribution in [0, 0.1) is 28.8 Å². The lowest BCUT2D eigenvalue weighted by Gasteiger charge is -2.36. The summed E-state index contributed by atoms with van der Waals surface area (Å²) in [6.07, 6.45) is 5.55. The van der Waals surface area contributed by atoms with E-state index in [2.05, 4.69) is 71.4 Å². The molecule has 1 unspecified atom stereocenters. The van der Waals surface area contributed by atoms with Gasteiger partial charge in [-0.15, -0.1) is 22.9 Å². The normalized spacial score (nSPS) is 12.9. The van der Waals surface area contributed by atoms with Gasteiger partial charge in [0.25, 0.3) is 0 Å². The van der Waals surface area contributed by atoms with Crippen molar-refractivity contribution in [2.24, 2.45) is 5.92 Å². The molecule has 0 aromatic heterocycles. The van der Waals surface area contributed by atoms with Crippen molar-refractivity contribution in [3.63, 3.8) is 0 Å². The first kappa shape index (κ1) is 19.3. The molecule has 0 aliphatic heterocycles. The van der Waals surface area contributed by atoms with E-state index in [0.717, 1.165) is 31.6 Å². The van der Waals surface area contributed by atoms with Crippen LogP contribution in [0.1, 0.15) is 80.6 Å². The van der Waals surface area contributed by atoms with Gasteiger partial charge in [-0.2, -0.15) is 0 Å². The van der Waals surface area contributed by atoms with Gasteiger partial charge in [0.05, 0.1) is 0 Å². The SMILES string of the molecule is CCCC#C[Si](C#CCCC)(CC(C)CC)C(C)(C)C. The third-order valence-corrected chi connectivity index (χ3v) is 9.06. The molecule has 0 aliphatic carbocycles. The van der Waals surface area contributed by atoms with E-state index in [-0.39, 0.29) is 5.04 Å². The molecule has 0 fully saturated rings. The first-order valence-electron chi connectivity index (χ1n) is 8.33. The van der Waals surface area contributed by atoms with E-state index in [1.807, 2.05) is 0 Å². The smallest absolute Gasteiger partial charge is 0.115 e. The number of hydrogen-bond donors (Lipinski definition) is 0. The monoisotopic (exact) mass is 290 g/mol. The maximum absolute atomic E-state index is 3.71. The minimum atomic E-state index is -1.88. The maximum Gasteiger partial charge on any atom is 0.222 e. The second-order valence-electron chi connectivity index (χ2n) is 6.98. The molecular formula is C19H34Si. The Hall–Kier alpha value is -0.663. The van der Waals surface area contributed by atoms with Crippen LogP contribution < -0.4 is 0 Å². The molecule has 1 heteroatoms. The lowest BCUT2D eigenvalue weighted by molar-refractivity contribution is 0.599. The van der Waals surface area contributed by atoms with E-state index in [1.165, 1.54) is 12.5 Å². The standard InChI is InChI=1S/C19H34Si/c1-8-11-13-15-20(19(5,6)7,16-14-12-9-2)17-18(4)10-3/h18H,8-12,17H2,1-7H3. The van der Waals surface area contributed by atoms with Crippen molar-refractivity contribution in [2.75, 3.05) is 0 Å². The van der Waals surface area contributed by atoms with Crippen molar-refractivity contribution in [1.82, 2.24) is 0 Å². The Morgan fingerprint density at radius 2 is 1.35 bits per heavy atom. The second-order valence-corrected chi connectivity index (χ2v) is 11.2. The van der Waals surface area contributed by atoms with Crippen LogP contribution in [0.3, 0.4) is 0 Å². The summed E-state index contributed by atoms with van der Waals surface area (Å²) in [4.78, 5) is 0. The molecule has 0 aromatic rings. The second kappa shape index (κ2) is 9.31. The lowest BCUT2D eigenvalue weighted by atomic mass is 10.2. The molecule has 0 radical (unpaired) electrons. The van der Waals surface area contributed by atoms with E-state index in [4.69, 9.17) is 0 Å². The summed E-state index contributed by atoms with van der Waals surface area (Å²) < 4.78 is 0. The van der Waals surface area contributed by atoms with Crippen LogP contribution >= 0.6 is 0 Å². The van der Waals surface area contributed by atoms with Gasteiger partial charge in [-0.05, 0) is 29.8 Å². The fraction of sp³-hybridized carbons (Fsp3) is 0.789. The fourth-order valence-corrected chi connectivity index (χ4v) is 5.97. The molecular weight excluding hydrogens is 256 g/mol. The van der Waals surface area contributed by atoms with Crippen LogP contribution in [0.2, 0.25) is 11.1 Å². The zero-order valence-corrected chi connectivity index (χ0v) is 15.8. The van der Waals surface area contributed by atoms with Crippen molar-refractivity contribution in [1.29, 1.82) is 0 Å². The average Bonchev–Trinajstić information content (AvgIpc) is 2.37. The zero-order chi connectivity index (χ0) is 15.6. The molecule has 0 saturated carbocycles. The molecule has 0 heterocycles. The largest absolute Gasteiger partial charge is 0.222 e. The van der Waals surface area contributed by atoms with Crippen LogP contribution in [0.4, 0.5) is 0 Å². The van der Waals surface area contributed by atoms with Crippen molar-refractivity contribution in [3.05, 3.63) is 0 Å². The van der Waals surface area contributed by atoms with Crippen LogP contribution in [0.15, 0.2) is 0 Å². The molecule has 0 bridgehead atoms. The number of rotatable bonds is 5. The summed E-state index contributed by atoms with van der Waals surface area (Å²) in [6.45, 7) is 16.1. The van der Waals surface area contributed by atoms with Gasteiger partial charge in [0.2, 0.25) is 8.07 Å².